The molecular weight excluding hydrogens is 326 g/mol. The van der Waals surface area contributed by atoms with Crippen LogP contribution in [0.2, 0.25) is 0 Å². The number of guanidine groups is 1. The fourth-order valence-electron chi connectivity index (χ4n) is 2.68. The first-order valence-corrected chi connectivity index (χ1v) is 8.73. The van der Waals surface area contributed by atoms with E-state index in [9.17, 15) is 0 Å². The molecule has 0 aliphatic rings. The van der Waals surface area contributed by atoms with Gasteiger partial charge in [-0.2, -0.15) is 10.4 Å². The number of likely N-dealkylation sites (N-methyl/N-ethyl adjacent to an activating group) is 1. The summed E-state index contributed by atoms with van der Waals surface area (Å²) in [4.78, 5) is 6.77. The number of nitrogens with zero attached hydrogens (tertiary/aromatic N) is 4. The number of rotatable bonds is 8. The van der Waals surface area contributed by atoms with Gasteiger partial charge in [-0.1, -0.05) is 30.3 Å². The number of hydrogen-bond acceptors (Lipinski definition) is 4. The van der Waals surface area contributed by atoms with E-state index in [1.54, 1.807) is 6.20 Å². The number of nitriles is 1. The third kappa shape index (κ3) is 6.57. The molecule has 138 valence electrons. The van der Waals surface area contributed by atoms with Crippen LogP contribution >= 0.6 is 0 Å². The second-order valence-corrected chi connectivity index (χ2v) is 6.56. The molecule has 0 amide bonds. The molecular formula is C19H27N7. The van der Waals surface area contributed by atoms with E-state index in [1.165, 1.54) is 5.56 Å². The Morgan fingerprint density at radius 3 is 2.65 bits per heavy atom. The molecule has 26 heavy (non-hydrogen) atoms. The Balaban J connectivity index is 1.97. The molecule has 0 spiro atoms. The van der Waals surface area contributed by atoms with Crippen LogP contribution in [0.15, 0.2) is 47.6 Å². The topological polar surface area (TPSA) is 92.1 Å². The summed E-state index contributed by atoms with van der Waals surface area (Å²) in [6.45, 7) is 2.64. The first kappa shape index (κ1) is 19.5. The van der Waals surface area contributed by atoms with Crippen molar-refractivity contribution in [3.8, 4) is 6.19 Å². The van der Waals surface area contributed by atoms with Crippen LogP contribution in [0.4, 0.5) is 0 Å². The highest BCUT2D eigenvalue weighted by Crippen LogP contribution is 2.07. The maximum Gasteiger partial charge on any atom is 0.204 e. The molecule has 1 aromatic carbocycles. The standard InChI is InChI=1S/C19H27N7/c1-15(11-17-9-10-23-25-17)24-19(22-14-20)21-13-18(26(2)3)12-16-7-5-4-6-8-16/h4-10,15,18H,11-13H2,1-3H3,(H,23,25)(H2,21,22,24). The van der Waals surface area contributed by atoms with E-state index in [4.69, 9.17) is 5.26 Å². The van der Waals surface area contributed by atoms with Crippen LogP contribution in [0.25, 0.3) is 0 Å². The smallest absolute Gasteiger partial charge is 0.204 e. The van der Waals surface area contributed by atoms with Crippen molar-refractivity contribution in [2.24, 2.45) is 4.99 Å². The summed E-state index contributed by atoms with van der Waals surface area (Å²) in [7, 11) is 4.10. The first-order chi connectivity index (χ1) is 12.6. The summed E-state index contributed by atoms with van der Waals surface area (Å²) in [6.07, 6.45) is 5.36. The number of aliphatic imine (C=N–C) groups is 1. The predicted molar refractivity (Wildman–Crippen MR) is 104 cm³/mol. The SMILES string of the molecule is CC(Cc1ccn[nH]1)NC(=NCC(Cc1ccccc1)N(C)C)NC#N. The van der Waals surface area contributed by atoms with Gasteiger partial charge in [-0.3, -0.25) is 15.4 Å². The second-order valence-electron chi connectivity index (χ2n) is 6.56. The highest BCUT2D eigenvalue weighted by atomic mass is 15.2. The first-order valence-electron chi connectivity index (χ1n) is 8.73. The summed E-state index contributed by atoms with van der Waals surface area (Å²) in [5, 5.41) is 21.8. The van der Waals surface area contributed by atoms with Crippen LogP contribution in [0.1, 0.15) is 18.2 Å². The zero-order chi connectivity index (χ0) is 18.8. The van der Waals surface area contributed by atoms with Gasteiger partial charge in [0.25, 0.3) is 0 Å². The van der Waals surface area contributed by atoms with Gasteiger partial charge in [0.2, 0.25) is 5.96 Å². The molecule has 0 saturated heterocycles. The number of nitrogens with one attached hydrogen (secondary N) is 3. The Hall–Kier alpha value is -2.85. The van der Waals surface area contributed by atoms with Crippen LogP contribution in [0, 0.1) is 11.5 Å². The molecule has 2 rings (SSSR count). The van der Waals surface area contributed by atoms with Crippen LogP contribution in [-0.4, -0.2) is 53.8 Å². The highest BCUT2D eigenvalue weighted by molar-refractivity contribution is 5.81. The fourth-order valence-corrected chi connectivity index (χ4v) is 2.68. The summed E-state index contributed by atoms with van der Waals surface area (Å²) in [5.41, 5.74) is 2.31. The summed E-state index contributed by atoms with van der Waals surface area (Å²) in [6, 6.07) is 12.7. The van der Waals surface area contributed by atoms with Gasteiger partial charge in [-0.05, 0) is 39.1 Å². The Morgan fingerprint density at radius 1 is 1.27 bits per heavy atom. The molecule has 7 heteroatoms. The number of aromatic amines is 1. The van der Waals surface area contributed by atoms with Gasteiger partial charge in [-0.15, -0.1) is 0 Å². The lowest BCUT2D eigenvalue weighted by Gasteiger charge is -2.23. The van der Waals surface area contributed by atoms with Crippen molar-refractivity contribution < 1.29 is 0 Å². The van der Waals surface area contributed by atoms with Gasteiger partial charge < -0.3 is 10.2 Å². The van der Waals surface area contributed by atoms with Crippen molar-refractivity contribution in [3.05, 3.63) is 53.9 Å². The number of aromatic nitrogens is 2. The van der Waals surface area contributed by atoms with Crippen LogP contribution in [0.3, 0.4) is 0 Å². The van der Waals surface area contributed by atoms with Crippen molar-refractivity contribution in [2.45, 2.75) is 31.8 Å². The zero-order valence-electron chi connectivity index (χ0n) is 15.6. The minimum Gasteiger partial charge on any atom is -0.353 e. The van der Waals surface area contributed by atoms with Gasteiger partial charge in [0.05, 0.1) is 6.54 Å². The highest BCUT2D eigenvalue weighted by Gasteiger charge is 2.13. The molecule has 2 atom stereocenters. The van der Waals surface area contributed by atoms with Crippen molar-refractivity contribution >= 4 is 5.96 Å². The van der Waals surface area contributed by atoms with Gasteiger partial charge in [0.15, 0.2) is 6.19 Å². The maximum atomic E-state index is 9.01. The normalized spacial score (nSPS) is 13.9. The van der Waals surface area contributed by atoms with E-state index >= 15 is 0 Å². The summed E-state index contributed by atoms with van der Waals surface area (Å²) in [5.74, 6) is 0.499. The molecule has 7 nitrogen and oxygen atoms in total. The Bertz CT molecular complexity index is 701. The largest absolute Gasteiger partial charge is 0.353 e. The van der Waals surface area contributed by atoms with E-state index in [2.05, 4.69) is 57.0 Å². The molecule has 0 radical (unpaired) electrons. The lowest BCUT2D eigenvalue weighted by atomic mass is 10.1. The lowest BCUT2D eigenvalue weighted by molar-refractivity contribution is 0.298. The molecule has 3 N–H and O–H groups in total. The van der Waals surface area contributed by atoms with Gasteiger partial charge in [0, 0.05) is 30.4 Å². The minimum absolute atomic E-state index is 0.113. The average molecular weight is 353 g/mol. The molecule has 1 aromatic heterocycles. The Morgan fingerprint density at radius 2 is 2.04 bits per heavy atom. The lowest BCUT2D eigenvalue weighted by Crippen LogP contribution is -2.42. The summed E-state index contributed by atoms with van der Waals surface area (Å²) < 4.78 is 0. The second kappa shape index (κ2) is 10.2. The predicted octanol–water partition coefficient (Wildman–Crippen LogP) is 1.53. The van der Waals surface area contributed by atoms with Crippen molar-refractivity contribution in [1.29, 1.82) is 5.26 Å². The van der Waals surface area contributed by atoms with Crippen LogP contribution in [0.5, 0.6) is 0 Å². The van der Waals surface area contributed by atoms with Gasteiger partial charge in [-0.25, -0.2) is 0 Å². The minimum atomic E-state index is 0.113. The van der Waals surface area contributed by atoms with E-state index in [0.29, 0.717) is 12.5 Å². The summed E-state index contributed by atoms with van der Waals surface area (Å²) >= 11 is 0. The molecule has 0 aliphatic heterocycles. The van der Waals surface area contributed by atoms with E-state index in [1.807, 2.05) is 37.4 Å². The number of benzene rings is 1. The van der Waals surface area contributed by atoms with E-state index in [0.717, 1.165) is 18.5 Å². The maximum absolute atomic E-state index is 9.01. The van der Waals surface area contributed by atoms with Gasteiger partial charge >= 0.3 is 0 Å². The molecule has 0 fully saturated rings. The molecule has 2 unspecified atom stereocenters. The molecule has 0 bridgehead atoms. The van der Waals surface area contributed by atoms with Crippen molar-refractivity contribution in [3.63, 3.8) is 0 Å². The Kier molecular flexibility index (Phi) is 7.65. The third-order valence-corrected chi connectivity index (χ3v) is 4.15. The number of H-pyrrole nitrogens is 1. The van der Waals surface area contributed by atoms with E-state index in [-0.39, 0.29) is 12.1 Å². The molecule has 1 heterocycles. The fraction of sp³-hybridized carbons (Fsp3) is 0.421. The molecule has 0 aliphatic carbocycles. The van der Waals surface area contributed by atoms with Gasteiger partial charge in [0.1, 0.15) is 0 Å². The van der Waals surface area contributed by atoms with Crippen molar-refractivity contribution in [2.75, 3.05) is 20.6 Å². The quantitative estimate of drug-likeness (QED) is 0.290. The third-order valence-electron chi connectivity index (χ3n) is 4.15. The van der Waals surface area contributed by atoms with Crippen LogP contribution < -0.4 is 10.6 Å². The van der Waals surface area contributed by atoms with Crippen LogP contribution in [-0.2, 0) is 12.8 Å². The van der Waals surface area contributed by atoms with E-state index < -0.39 is 0 Å². The molecule has 2 aromatic rings. The average Bonchev–Trinajstić information content (AvgIpc) is 3.12. The van der Waals surface area contributed by atoms with Crippen molar-refractivity contribution in [1.82, 2.24) is 25.7 Å². The zero-order valence-corrected chi connectivity index (χ0v) is 15.6. The number of hydrogen-bond donors (Lipinski definition) is 3. The Labute approximate surface area is 155 Å². The molecule has 0 saturated carbocycles. The monoisotopic (exact) mass is 353 g/mol.